The van der Waals surface area contributed by atoms with E-state index in [0.717, 1.165) is 0 Å². The Morgan fingerprint density at radius 2 is 1.79 bits per heavy atom. The molecule has 0 fully saturated rings. The van der Waals surface area contributed by atoms with Crippen LogP contribution in [-0.4, -0.2) is 29.7 Å². The summed E-state index contributed by atoms with van der Waals surface area (Å²) in [6, 6.07) is 6.69. The Labute approximate surface area is 114 Å². The van der Waals surface area contributed by atoms with Crippen LogP contribution in [-0.2, 0) is 11.2 Å². The lowest BCUT2D eigenvalue weighted by molar-refractivity contribution is 0.0799. The molecule has 0 N–H and O–H groups in total. The molecule has 1 aromatic rings. The second-order valence-corrected chi connectivity index (χ2v) is 5.05. The van der Waals surface area contributed by atoms with Gasteiger partial charge in [0.25, 0.3) is 0 Å². The van der Waals surface area contributed by atoms with Crippen molar-refractivity contribution in [2.45, 2.75) is 46.2 Å². The minimum absolute atomic E-state index is 0.0842. The molecule has 106 valence electrons. The second kappa shape index (κ2) is 7.12. The van der Waals surface area contributed by atoms with Crippen LogP contribution in [0, 0.1) is 5.82 Å². The molecular formula is C15H22FNO2. The van der Waals surface area contributed by atoms with Gasteiger partial charge in [0, 0.05) is 18.5 Å². The van der Waals surface area contributed by atoms with Crippen LogP contribution in [0.15, 0.2) is 24.3 Å². The molecule has 1 rings (SSSR count). The first-order valence-electron chi connectivity index (χ1n) is 6.62. The molecule has 1 amide bonds. The summed E-state index contributed by atoms with van der Waals surface area (Å²) in [5.41, 5.74) is 0.566. The zero-order chi connectivity index (χ0) is 14.4. The average Bonchev–Trinajstić information content (AvgIpc) is 2.30. The van der Waals surface area contributed by atoms with Crippen LogP contribution in [0.3, 0.4) is 0 Å². The van der Waals surface area contributed by atoms with Crippen LogP contribution in [0.1, 0.15) is 33.3 Å². The van der Waals surface area contributed by atoms with E-state index in [0.29, 0.717) is 12.0 Å². The Morgan fingerprint density at radius 3 is 2.32 bits per heavy atom. The van der Waals surface area contributed by atoms with E-state index in [-0.39, 0.29) is 30.6 Å². The first-order valence-corrected chi connectivity index (χ1v) is 6.62. The molecule has 3 nitrogen and oxygen atoms in total. The first-order chi connectivity index (χ1) is 8.93. The number of halogens is 1. The SMILES string of the molecule is CC(C)N(C(=O)OCCc1ccccc1F)C(C)C. The predicted octanol–water partition coefficient (Wildman–Crippen LogP) is 3.62. The van der Waals surface area contributed by atoms with Crippen molar-refractivity contribution < 1.29 is 13.9 Å². The molecule has 0 aliphatic carbocycles. The third kappa shape index (κ3) is 4.54. The van der Waals surface area contributed by atoms with Gasteiger partial charge in [-0.2, -0.15) is 0 Å². The highest BCUT2D eigenvalue weighted by atomic mass is 19.1. The maximum Gasteiger partial charge on any atom is 0.410 e. The molecule has 0 saturated carbocycles. The Bertz CT molecular complexity index is 410. The molecule has 0 atom stereocenters. The van der Waals surface area contributed by atoms with Crippen LogP contribution in [0.5, 0.6) is 0 Å². The van der Waals surface area contributed by atoms with Gasteiger partial charge in [-0.25, -0.2) is 9.18 Å². The van der Waals surface area contributed by atoms with E-state index in [9.17, 15) is 9.18 Å². The van der Waals surface area contributed by atoms with Gasteiger partial charge in [-0.15, -0.1) is 0 Å². The van der Waals surface area contributed by atoms with Crippen molar-refractivity contribution >= 4 is 6.09 Å². The average molecular weight is 267 g/mol. The van der Waals surface area contributed by atoms with Gasteiger partial charge in [0.05, 0.1) is 6.61 Å². The lowest BCUT2D eigenvalue weighted by Gasteiger charge is -2.29. The molecule has 0 aliphatic heterocycles. The highest BCUT2D eigenvalue weighted by molar-refractivity contribution is 5.68. The van der Waals surface area contributed by atoms with E-state index in [1.165, 1.54) is 6.07 Å². The minimum Gasteiger partial charge on any atom is -0.449 e. The monoisotopic (exact) mass is 267 g/mol. The molecule has 1 aromatic carbocycles. The summed E-state index contributed by atoms with van der Waals surface area (Å²) in [5, 5.41) is 0. The van der Waals surface area contributed by atoms with Gasteiger partial charge in [0.15, 0.2) is 0 Å². The van der Waals surface area contributed by atoms with E-state index >= 15 is 0 Å². The fourth-order valence-corrected chi connectivity index (χ4v) is 2.04. The number of ether oxygens (including phenoxy) is 1. The Kier molecular flexibility index (Phi) is 5.80. The van der Waals surface area contributed by atoms with Gasteiger partial charge in [0.2, 0.25) is 0 Å². The molecule has 0 radical (unpaired) electrons. The van der Waals surface area contributed by atoms with Crippen LogP contribution < -0.4 is 0 Å². The lowest BCUT2D eigenvalue weighted by Crippen LogP contribution is -2.42. The van der Waals surface area contributed by atoms with E-state index < -0.39 is 0 Å². The fourth-order valence-electron chi connectivity index (χ4n) is 2.04. The summed E-state index contributed by atoms with van der Waals surface area (Å²) >= 11 is 0. The summed E-state index contributed by atoms with van der Waals surface area (Å²) in [6.45, 7) is 7.96. The number of hydrogen-bond donors (Lipinski definition) is 0. The number of carbonyl (C=O) groups excluding carboxylic acids is 1. The van der Waals surface area contributed by atoms with E-state index in [1.807, 2.05) is 27.7 Å². The largest absolute Gasteiger partial charge is 0.449 e. The van der Waals surface area contributed by atoms with Crippen LogP contribution in [0.25, 0.3) is 0 Å². The number of rotatable bonds is 5. The standard InChI is InChI=1S/C15H22FNO2/c1-11(2)17(12(3)4)15(18)19-10-9-13-7-5-6-8-14(13)16/h5-8,11-12H,9-10H2,1-4H3. The zero-order valence-corrected chi connectivity index (χ0v) is 12.0. The molecule has 0 heterocycles. The number of nitrogens with zero attached hydrogens (tertiary/aromatic N) is 1. The zero-order valence-electron chi connectivity index (χ0n) is 12.0. The van der Waals surface area contributed by atoms with Gasteiger partial charge < -0.3 is 9.64 Å². The topological polar surface area (TPSA) is 29.5 Å². The normalized spacial score (nSPS) is 10.9. The third-order valence-corrected chi connectivity index (χ3v) is 2.88. The van der Waals surface area contributed by atoms with E-state index in [2.05, 4.69) is 0 Å². The van der Waals surface area contributed by atoms with Gasteiger partial charge in [-0.3, -0.25) is 0 Å². The number of amides is 1. The number of benzene rings is 1. The molecule has 0 bridgehead atoms. The summed E-state index contributed by atoms with van der Waals surface area (Å²) in [7, 11) is 0. The van der Waals surface area contributed by atoms with Gasteiger partial charge >= 0.3 is 6.09 Å². The van der Waals surface area contributed by atoms with Crippen LogP contribution in [0.4, 0.5) is 9.18 Å². The van der Waals surface area contributed by atoms with Gasteiger partial charge in [-0.05, 0) is 39.3 Å². The van der Waals surface area contributed by atoms with Crippen molar-refractivity contribution in [2.75, 3.05) is 6.61 Å². The second-order valence-electron chi connectivity index (χ2n) is 5.05. The van der Waals surface area contributed by atoms with Gasteiger partial charge in [0.1, 0.15) is 5.82 Å². The maximum absolute atomic E-state index is 13.4. The smallest absolute Gasteiger partial charge is 0.410 e. The first kappa shape index (κ1) is 15.5. The van der Waals surface area contributed by atoms with E-state index in [4.69, 9.17) is 4.74 Å². The van der Waals surface area contributed by atoms with Crippen LogP contribution >= 0.6 is 0 Å². The van der Waals surface area contributed by atoms with Crippen molar-refractivity contribution in [3.8, 4) is 0 Å². The quantitative estimate of drug-likeness (QED) is 0.815. The number of carbonyl (C=O) groups is 1. The Hall–Kier alpha value is -1.58. The number of hydrogen-bond acceptors (Lipinski definition) is 2. The molecule has 4 heteroatoms. The lowest BCUT2D eigenvalue weighted by atomic mass is 10.1. The highest BCUT2D eigenvalue weighted by Gasteiger charge is 2.21. The van der Waals surface area contributed by atoms with E-state index in [1.54, 1.807) is 23.1 Å². The van der Waals surface area contributed by atoms with Gasteiger partial charge in [-0.1, -0.05) is 18.2 Å². The molecule has 19 heavy (non-hydrogen) atoms. The predicted molar refractivity (Wildman–Crippen MR) is 73.6 cm³/mol. The fraction of sp³-hybridized carbons (Fsp3) is 0.533. The molecule has 0 aromatic heterocycles. The van der Waals surface area contributed by atoms with Crippen LogP contribution in [0.2, 0.25) is 0 Å². The van der Waals surface area contributed by atoms with Crippen molar-refractivity contribution in [1.29, 1.82) is 0 Å². The van der Waals surface area contributed by atoms with Crippen molar-refractivity contribution in [3.05, 3.63) is 35.6 Å². The summed E-state index contributed by atoms with van der Waals surface area (Å²) in [6.07, 6.45) is 0.0453. The molecular weight excluding hydrogens is 245 g/mol. The van der Waals surface area contributed by atoms with Crippen molar-refractivity contribution in [1.82, 2.24) is 4.90 Å². The molecule has 0 spiro atoms. The van der Waals surface area contributed by atoms with Crippen molar-refractivity contribution in [2.24, 2.45) is 0 Å². The summed E-state index contributed by atoms with van der Waals surface area (Å²) in [4.78, 5) is 13.6. The molecule has 0 saturated heterocycles. The highest BCUT2D eigenvalue weighted by Crippen LogP contribution is 2.10. The Morgan fingerprint density at radius 1 is 1.21 bits per heavy atom. The third-order valence-electron chi connectivity index (χ3n) is 2.88. The summed E-state index contributed by atoms with van der Waals surface area (Å²) in [5.74, 6) is -0.261. The summed E-state index contributed by atoms with van der Waals surface area (Å²) < 4.78 is 18.6. The molecule has 0 unspecified atom stereocenters. The van der Waals surface area contributed by atoms with Crippen molar-refractivity contribution in [3.63, 3.8) is 0 Å². The maximum atomic E-state index is 13.4. The Balaban J connectivity index is 2.49. The minimum atomic E-state index is -0.346. The molecule has 0 aliphatic rings.